The van der Waals surface area contributed by atoms with E-state index in [2.05, 4.69) is 20.5 Å². The van der Waals surface area contributed by atoms with E-state index in [4.69, 9.17) is 0 Å². The van der Waals surface area contributed by atoms with Crippen LogP contribution in [-0.2, 0) is 11.2 Å². The molecule has 4 rings (SSSR count). The van der Waals surface area contributed by atoms with Gasteiger partial charge in [-0.05, 0) is 23.8 Å². The number of aromatic amines is 3. The third-order valence-corrected chi connectivity index (χ3v) is 4.13. The lowest BCUT2D eigenvalue weighted by molar-refractivity contribution is -0.115. The van der Waals surface area contributed by atoms with E-state index >= 15 is 0 Å². The molecule has 0 atom stereocenters. The fourth-order valence-corrected chi connectivity index (χ4v) is 2.98. The SMILES string of the molecule is O=C(Cc1c[nH]c2ccccc12)Nc1cccc2c(=O)[nH][nH]c(=O)c12. The fourth-order valence-electron chi connectivity index (χ4n) is 2.98. The Morgan fingerprint density at radius 1 is 0.920 bits per heavy atom. The van der Waals surface area contributed by atoms with Crippen LogP contribution in [-0.4, -0.2) is 21.1 Å². The number of carbonyl (C=O) groups is 1. The summed E-state index contributed by atoms with van der Waals surface area (Å²) >= 11 is 0. The van der Waals surface area contributed by atoms with E-state index in [9.17, 15) is 14.4 Å². The average molecular weight is 334 g/mol. The van der Waals surface area contributed by atoms with Gasteiger partial charge in [0.2, 0.25) is 5.91 Å². The van der Waals surface area contributed by atoms with E-state index < -0.39 is 11.1 Å². The van der Waals surface area contributed by atoms with Gasteiger partial charge in [0.05, 0.1) is 22.9 Å². The maximum absolute atomic E-state index is 12.4. The third kappa shape index (κ3) is 2.61. The van der Waals surface area contributed by atoms with Gasteiger partial charge < -0.3 is 10.3 Å². The molecular weight excluding hydrogens is 320 g/mol. The van der Waals surface area contributed by atoms with Crippen LogP contribution in [0.1, 0.15) is 5.56 Å². The van der Waals surface area contributed by atoms with Crippen LogP contribution < -0.4 is 16.4 Å². The first-order valence-electron chi connectivity index (χ1n) is 7.72. The second-order valence-electron chi connectivity index (χ2n) is 5.72. The summed E-state index contributed by atoms with van der Waals surface area (Å²) in [5.41, 5.74) is 1.26. The van der Waals surface area contributed by atoms with Crippen LogP contribution >= 0.6 is 0 Å². The van der Waals surface area contributed by atoms with Gasteiger partial charge in [-0.1, -0.05) is 24.3 Å². The second-order valence-corrected chi connectivity index (χ2v) is 5.72. The van der Waals surface area contributed by atoms with Gasteiger partial charge in [0.25, 0.3) is 11.1 Å². The van der Waals surface area contributed by atoms with Gasteiger partial charge >= 0.3 is 0 Å². The van der Waals surface area contributed by atoms with Crippen LogP contribution in [0.4, 0.5) is 5.69 Å². The molecule has 0 saturated heterocycles. The number of aromatic nitrogens is 3. The summed E-state index contributed by atoms with van der Waals surface area (Å²) in [4.78, 5) is 39.4. The van der Waals surface area contributed by atoms with Crippen molar-refractivity contribution in [2.45, 2.75) is 6.42 Å². The highest BCUT2D eigenvalue weighted by molar-refractivity contribution is 6.03. The lowest BCUT2D eigenvalue weighted by Crippen LogP contribution is -2.22. The Morgan fingerprint density at radius 3 is 2.56 bits per heavy atom. The molecule has 25 heavy (non-hydrogen) atoms. The molecule has 4 aromatic rings. The molecule has 7 heteroatoms. The van der Waals surface area contributed by atoms with E-state index in [0.29, 0.717) is 5.69 Å². The number of para-hydroxylation sites is 1. The molecule has 0 radical (unpaired) electrons. The number of amides is 1. The Hall–Kier alpha value is -3.61. The number of fused-ring (bicyclic) bond motifs is 2. The summed E-state index contributed by atoms with van der Waals surface area (Å²) in [7, 11) is 0. The molecule has 0 saturated carbocycles. The predicted molar refractivity (Wildman–Crippen MR) is 95.8 cm³/mol. The molecule has 0 aliphatic carbocycles. The first kappa shape index (κ1) is 14.9. The van der Waals surface area contributed by atoms with Crippen molar-refractivity contribution in [1.82, 2.24) is 15.2 Å². The Balaban J connectivity index is 1.68. The highest BCUT2D eigenvalue weighted by Crippen LogP contribution is 2.20. The number of carbonyl (C=O) groups excluding carboxylic acids is 1. The van der Waals surface area contributed by atoms with Gasteiger partial charge in [-0.2, -0.15) is 0 Å². The minimum absolute atomic E-state index is 0.154. The first-order valence-corrected chi connectivity index (χ1v) is 7.72. The van der Waals surface area contributed by atoms with Crippen LogP contribution in [0, 0.1) is 0 Å². The summed E-state index contributed by atoms with van der Waals surface area (Å²) in [5, 5.41) is 8.65. The smallest absolute Gasteiger partial charge is 0.272 e. The molecule has 2 heterocycles. The van der Waals surface area contributed by atoms with Crippen molar-refractivity contribution in [3.8, 4) is 0 Å². The van der Waals surface area contributed by atoms with E-state index in [1.807, 2.05) is 24.3 Å². The van der Waals surface area contributed by atoms with Crippen LogP contribution in [0.15, 0.2) is 58.3 Å². The normalized spacial score (nSPS) is 11.0. The molecule has 2 aromatic carbocycles. The van der Waals surface area contributed by atoms with Crippen molar-refractivity contribution in [2.75, 3.05) is 5.32 Å². The zero-order chi connectivity index (χ0) is 17.4. The Bertz CT molecular complexity index is 1220. The first-order chi connectivity index (χ1) is 12.1. The van der Waals surface area contributed by atoms with E-state index in [1.165, 1.54) is 0 Å². The largest absolute Gasteiger partial charge is 0.361 e. The molecule has 4 N–H and O–H groups in total. The quantitative estimate of drug-likeness (QED) is 0.459. The zero-order valence-corrected chi connectivity index (χ0v) is 13.1. The van der Waals surface area contributed by atoms with Crippen LogP contribution in [0.2, 0.25) is 0 Å². The van der Waals surface area contributed by atoms with E-state index in [0.717, 1.165) is 16.5 Å². The van der Waals surface area contributed by atoms with Gasteiger partial charge in [0, 0.05) is 17.1 Å². The maximum atomic E-state index is 12.4. The predicted octanol–water partition coefficient (Wildman–Crippen LogP) is 1.88. The van der Waals surface area contributed by atoms with Crippen LogP contribution in [0.3, 0.4) is 0 Å². The number of anilines is 1. The van der Waals surface area contributed by atoms with Crippen LogP contribution in [0.25, 0.3) is 21.7 Å². The summed E-state index contributed by atoms with van der Waals surface area (Å²) in [6.45, 7) is 0. The van der Waals surface area contributed by atoms with Gasteiger partial charge in [-0.3, -0.25) is 24.6 Å². The molecule has 2 aromatic heterocycles. The summed E-state index contributed by atoms with van der Waals surface area (Å²) in [6.07, 6.45) is 1.95. The monoisotopic (exact) mass is 334 g/mol. The molecule has 0 spiro atoms. The van der Waals surface area contributed by atoms with E-state index in [1.54, 1.807) is 24.4 Å². The second kappa shape index (κ2) is 5.79. The van der Waals surface area contributed by atoms with Crippen molar-refractivity contribution >= 4 is 33.3 Å². The molecule has 124 valence electrons. The number of nitrogens with one attached hydrogen (secondary N) is 4. The Kier molecular flexibility index (Phi) is 3.46. The van der Waals surface area contributed by atoms with Gasteiger partial charge in [0.1, 0.15) is 0 Å². The minimum atomic E-state index is -0.461. The standard InChI is InChI=1S/C18H14N4O3/c23-15(8-10-9-19-13-6-2-1-4-11(10)13)20-14-7-3-5-12-16(14)18(25)22-21-17(12)24/h1-7,9,19H,8H2,(H,20,23)(H,21,24)(H,22,25). The number of rotatable bonds is 3. The van der Waals surface area contributed by atoms with Crippen molar-refractivity contribution in [1.29, 1.82) is 0 Å². The summed E-state index contributed by atoms with van der Waals surface area (Å²) < 4.78 is 0. The average Bonchev–Trinajstić information content (AvgIpc) is 3.01. The number of benzene rings is 2. The third-order valence-electron chi connectivity index (χ3n) is 4.13. The molecule has 0 aliphatic heterocycles. The fraction of sp³-hybridized carbons (Fsp3) is 0.0556. The maximum Gasteiger partial charge on any atom is 0.272 e. The lowest BCUT2D eigenvalue weighted by Gasteiger charge is -2.07. The highest BCUT2D eigenvalue weighted by atomic mass is 16.2. The topological polar surface area (TPSA) is 111 Å². The molecule has 1 amide bonds. The minimum Gasteiger partial charge on any atom is -0.361 e. The van der Waals surface area contributed by atoms with Crippen LogP contribution in [0.5, 0.6) is 0 Å². The van der Waals surface area contributed by atoms with Gasteiger partial charge in [-0.25, -0.2) is 0 Å². The van der Waals surface area contributed by atoms with Crippen molar-refractivity contribution < 1.29 is 4.79 Å². The molecule has 0 bridgehead atoms. The van der Waals surface area contributed by atoms with Crippen molar-refractivity contribution in [3.63, 3.8) is 0 Å². The molecule has 0 fully saturated rings. The van der Waals surface area contributed by atoms with Crippen molar-refractivity contribution in [3.05, 3.63) is 74.9 Å². The molecule has 7 nitrogen and oxygen atoms in total. The molecular formula is C18H14N4O3. The lowest BCUT2D eigenvalue weighted by atomic mass is 10.1. The molecule has 0 unspecified atom stereocenters. The zero-order valence-electron chi connectivity index (χ0n) is 13.1. The Labute approximate surface area is 140 Å². The number of hydrogen-bond acceptors (Lipinski definition) is 3. The highest BCUT2D eigenvalue weighted by Gasteiger charge is 2.13. The number of hydrogen-bond donors (Lipinski definition) is 4. The van der Waals surface area contributed by atoms with Gasteiger partial charge in [-0.15, -0.1) is 0 Å². The molecule has 0 aliphatic rings. The Morgan fingerprint density at radius 2 is 1.68 bits per heavy atom. The number of H-pyrrole nitrogens is 3. The van der Waals surface area contributed by atoms with Crippen molar-refractivity contribution in [2.24, 2.45) is 0 Å². The summed E-state index contributed by atoms with van der Waals surface area (Å²) in [5.74, 6) is -0.267. The van der Waals surface area contributed by atoms with E-state index in [-0.39, 0.29) is 23.1 Å². The summed E-state index contributed by atoms with van der Waals surface area (Å²) in [6, 6.07) is 12.5. The van der Waals surface area contributed by atoms with Gasteiger partial charge in [0.15, 0.2) is 0 Å².